The molecule has 0 aliphatic rings. The fourth-order valence-electron chi connectivity index (χ4n) is 2.06. The predicted octanol–water partition coefficient (Wildman–Crippen LogP) is 4.44. The van der Waals surface area contributed by atoms with E-state index in [1.807, 2.05) is 29.8 Å². The molecule has 0 saturated carbocycles. The van der Waals surface area contributed by atoms with Crippen molar-refractivity contribution in [1.29, 1.82) is 0 Å². The Balaban J connectivity index is 2.02. The number of anilines is 1. The summed E-state index contributed by atoms with van der Waals surface area (Å²) >= 11 is 3.01. The van der Waals surface area contributed by atoms with Crippen LogP contribution in [0.15, 0.2) is 34.5 Å². The second kappa shape index (κ2) is 5.18. The molecule has 2 heterocycles. The lowest BCUT2D eigenvalue weighted by Gasteiger charge is -2.14. The van der Waals surface area contributed by atoms with Crippen molar-refractivity contribution in [2.75, 3.05) is 5.32 Å². The molecule has 1 unspecified atom stereocenters. The third kappa shape index (κ3) is 2.25. The van der Waals surface area contributed by atoms with E-state index in [0.29, 0.717) is 11.2 Å². The number of rotatable bonds is 4. The molecule has 20 heavy (non-hydrogen) atoms. The molecule has 5 nitrogen and oxygen atoms in total. The molecule has 3 rings (SSSR count). The molecule has 1 atom stereocenters. The molecule has 7 heteroatoms. The Labute approximate surface area is 123 Å². The number of benzene rings is 1. The Kier molecular flexibility index (Phi) is 3.37. The first-order chi connectivity index (χ1) is 9.66. The molecule has 102 valence electrons. The molecule has 1 N–H and O–H groups in total. The van der Waals surface area contributed by atoms with Crippen LogP contribution >= 0.6 is 22.7 Å². The minimum Gasteiger partial charge on any atom is -0.373 e. The van der Waals surface area contributed by atoms with Gasteiger partial charge in [-0.1, -0.05) is 0 Å². The second-order valence-electron chi connectivity index (χ2n) is 4.34. The number of aromatic nitrogens is 1. The van der Waals surface area contributed by atoms with Crippen molar-refractivity contribution in [3.63, 3.8) is 0 Å². The Morgan fingerprint density at radius 3 is 2.95 bits per heavy atom. The lowest BCUT2D eigenvalue weighted by Crippen LogP contribution is -2.07. The van der Waals surface area contributed by atoms with Crippen molar-refractivity contribution in [2.45, 2.75) is 13.0 Å². The molecule has 0 spiro atoms. The van der Waals surface area contributed by atoms with Gasteiger partial charge in [0.2, 0.25) is 0 Å². The van der Waals surface area contributed by atoms with E-state index in [9.17, 15) is 10.1 Å². The topological polar surface area (TPSA) is 68.1 Å². The number of thiazole rings is 1. The molecule has 0 bridgehead atoms. The van der Waals surface area contributed by atoms with Gasteiger partial charge in [-0.25, -0.2) is 4.98 Å². The molecule has 0 aliphatic carbocycles. The van der Waals surface area contributed by atoms with Crippen LogP contribution in [-0.2, 0) is 0 Å². The van der Waals surface area contributed by atoms with E-state index in [2.05, 4.69) is 10.3 Å². The number of thiophene rings is 1. The average Bonchev–Trinajstić information content (AvgIpc) is 3.08. The SMILES string of the molecule is CC(Nc1ccc2scnc2c1[N+](=O)[O-])c1ccsc1. The molecule has 0 radical (unpaired) electrons. The molecular weight excluding hydrogens is 294 g/mol. The number of nitro groups is 1. The minimum atomic E-state index is -0.370. The number of hydrogen-bond donors (Lipinski definition) is 1. The highest BCUT2D eigenvalue weighted by Gasteiger charge is 2.22. The Morgan fingerprint density at radius 2 is 2.25 bits per heavy atom. The zero-order valence-electron chi connectivity index (χ0n) is 10.6. The van der Waals surface area contributed by atoms with Crippen LogP contribution < -0.4 is 5.32 Å². The summed E-state index contributed by atoms with van der Waals surface area (Å²) in [7, 11) is 0. The first-order valence-corrected chi connectivity index (χ1v) is 7.78. The standard InChI is InChI=1S/C13H11N3O2S2/c1-8(9-4-5-19-6-9)15-10-2-3-11-12(14-7-20-11)13(10)16(17)18/h2-8,15H,1H3. The van der Waals surface area contributed by atoms with E-state index >= 15 is 0 Å². The third-order valence-corrected chi connectivity index (χ3v) is 4.57. The van der Waals surface area contributed by atoms with E-state index in [4.69, 9.17) is 0 Å². The smallest absolute Gasteiger partial charge is 0.319 e. The van der Waals surface area contributed by atoms with E-state index in [0.717, 1.165) is 10.3 Å². The minimum absolute atomic E-state index is 0.0102. The molecule has 2 aromatic heterocycles. The van der Waals surface area contributed by atoms with Gasteiger partial charge in [0.05, 0.1) is 15.1 Å². The molecular formula is C13H11N3O2S2. The second-order valence-corrected chi connectivity index (χ2v) is 6.01. The summed E-state index contributed by atoms with van der Waals surface area (Å²) in [6.45, 7) is 1.98. The van der Waals surface area contributed by atoms with Gasteiger partial charge in [-0.15, -0.1) is 11.3 Å². The van der Waals surface area contributed by atoms with Crippen LogP contribution in [0.5, 0.6) is 0 Å². The molecule has 3 aromatic rings. The summed E-state index contributed by atoms with van der Waals surface area (Å²) in [6.07, 6.45) is 0. The van der Waals surface area contributed by atoms with Gasteiger partial charge >= 0.3 is 5.69 Å². The van der Waals surface area contributed by atoms with Crippen molar-refractivity contribution in [3.05, 3.63) is 50.1 Å². The van der Waals surface area contributed by atoms with Gasteiger partial charge in [0, 0.05) is 6.04 Å². The highest BCUT2D eigenvalue weighted by Crippen LogP contribution is 2.36. The summed E-state index contributed by atoms with van der Waals surface area (Å²) in [4.78, 5) is 15.1. The van der Waals surface area contributed by atoms with Gasteiger partial charge in [-0.3, -0.25) is 10.1 Å². The Bertz CT molecular complexity index is 752. The monoisotopic (exact) mass is 305 g/mol. The predicted molar refractivity (Wildman–Crippen MR) is 82.6 cm³/mol. The number of nitrogens with one attached hydrogen (secondary N) is 1. The van der Waals surface area contributed by atoms with Gasteiger partial charge in [-0.05, 0) is 41.4 Å². The lowest BCUT2D eigenvalue weighted by atomic mass is 10.1. The van der Waals surface area contributed by atoms with Gasteiger partial charge in [-0.2, -0.15) is 11.3 Å². The summed E-state index contributed by atoms with van der Waals surface area (Å²) in [5.41, 5.74) is 3.74. The maximum atomic E-state index is 11.3. The van der Waals surface area contributed by atoms with E-state index in [1.165, 1.54) is 11.3 Å². The van der Waals surface area contributed by atoms with Crippen LogP contribution in [0.3, 0.4) is 0 Å². The van der Waals surface area contributed by atoms with Crippen LogP contribution in [-0.4, -0.2) is 9.91 Å². The lowest BCUT2D eigenvalue weighted by molar-refractivity contribution is -0.382. The molecule has 1 aromatic carbocycles. The maximum Gasteiger partial charge on any atom is 0.319 e. The van der Waals surface area contributed by atoms with Crippen molar-refractivity contribution >= 4 is 44.3 Å². The fraction of sp³-hybridized carbons (Fsp3) is 0.154. The van der Waals surface area contributed by atoms with Crippen LogP contribution in [0, 0.1) is 10.1 Å². The van der Waals surface area contributed by atoms with Gasteiger partial charge in [0.1, 0.15) is 5.69 Å². The summed E-state index contributed by atoms with van der Waals surface area (Å²) in [6, 6.07) is 5.63. The third-order valence-electron chi connectivity index (χ3n) is 3.07. The zero-order chi connectivity index (χ0) is 14.1. The van der Waals surface area contributed by atoms with E-state index in [-0.39, 0.29) is 16.7 Å². The highest BCUT2D eigenvalue weighted by atomic mass is 32.1. The number of nitrogens with zero attached hydrogens (tertiary/aromatic N) is 2. The van der Waals surface area contributed by atoms with Gasteiger partial charge in [0.15, 0.2) is 5.52 Å². The largest absolute Gasteiger partial charge is 0.373 e. The fourth-order valence-corrected chi connectivity index (χ4v) is 3.49. The van der Waals surface area contributed by atoms with Crippen molar-refractivity contribution in [1.82, 2.24) is 4.98 Å². The molecule has 0 fully saturated rings. The summed E-state index contributed by atoms with van der Waals surface area (Å²) in [5.74, 6) is 0. The Hall–Kier alpha value is -1.99. The first-order valence-electron chi connectivity index (χ1n) is 5.96. The Morgan fingerprint density at radius 1 is 1.40 bits per heavy atom. The van der Waals surface area contributed by atoms with Crippen molar-refractivity contribution in [2.24, 2.45) is 0 Å². The highest BCUT2D eigenvalue weighted by molar-refractivity contribution is 7.16. The first kappa shape index (κ1) is 13.0. The van der Waals surface area contributed by atoms with Gasteiger partial charge < -0.3 is 5.32 Å². The van der Waals surface area contributed by atoms with E-state index in [1.54, 1.807) is 22.9 Å². The van der Waals surface area contributed by atoms with Gasteiger partial charge in [0.25, 0.3) is 0 Å². The number of nitro benzene ring substituents is 1. The van der Waals surface area contributed by atoms with Crippen LogP contribution in [0.1, 0.15) is 18.5 Å². The molecule has 0 saturated heterocycles. The number of hydrogen-bond acceptors (Lipinski definition) is 6. The maximum absolute atomic E-state index is 11.3. The molecule has 0 aliphatic heterocycles. The van der Waals surface area contributed by atoms with Crippen LogP contribution in [0.4, 0.5) is 11.4 Å². The van der Waals surface area contributed by atoms with Crippen molar-refractivity contribution < 1.29 is 4.92 Å². The zero-order valence-corrected chi connectivity index (χ0v) is 12.2. The van der Waals surface area contributed by atoms with E-state index < -0.39 is 0 Å². The summed E-state index contributed by atoms with van der Waals surface area (Å²) in [5, 5.41) is 18.6. The number of fused-ring (bicyclic) bond motifs is 1. The summed E-state index contributed by atoms with van der Waals surface area (Å²) < 4.78 is 0.824. The quantitative estimate of drug-likeness (QED) is 0.571. The van der Waals surface area contributed by atoms with Crippen LogP contribution in [0.25, 0.3) is 10.2 Å². The normalized spacial score (nSPS) is 12.4. The average molecular weight is 305 g/mol. The molecule has 0 amide bonds. The van der Waals surface area contributed by atoms with Crippen LogP contribution in [0.2, 0.25) is 0 Å². The van der Waals surface area contributed by atoms with Crippen molar-refractivity contribution in [3.8, 4) is 0 Å².